The number of ether oxygens (including phenoxy) is 1. The van der Waals surface area contributed by atoms with E-state index < -0.39 is 17.5 Å². The summed E-state index contributed by atoms with van der Waals surface area (Å²) >= 11 is 0. The molecule has 172 valence electrons. The lowest BCUT2D eigenvalue weighted by Gasteiger charge is -2.36. The van der Waals surface area contributed by atoms with Gasteiger partial charge in [-0.2, -0.15) is 0 Å². The second kappa shape index (κ2) is 9.28. The molecule has 2 fully saturated rings. The summed E-state index contributed by atoms with van der Waals surface area (Å²) in [6.07, 6.45) is 4.21. The van der Waals surface area contributed by atoms with Crippen molar-refractivity contribution in [3.8, 4) is 0 Å². The Labute approximate surface area is 187 Å². The Morgan fingerprint density at radius 2 is 2.12 bits per heavy atom. The molecule has 4 rings (SSSR count). The maximum atomic E-state index is 13.1. The predicted octanol–water partition coefficient (Wildman–Crippen LogP) is 2.90. The molecule has 0 radical (unpaired) electrons. The standard InChI is InChI=1S/C23H31N5O4/c1-3-32-14-8-13-27-18-11-5-4-10-17(18)24-21(27)25-19(29)15-28-20(30)23(26-22(28)31)12-7-6-9-16(23)2/h4-5,10-11,16H,3,6-9,12-15H2,1-2H3,(H,26,31)(H,24,25,29). The van der Waals surface area contributed by atoms with E-state index in [1.807, 2.05) is 42.7 Å². The van der Waals surface area contributed by atoms with Crippen LogP contribution in [0.25, 0.3) is 11.0 Å². The lowest BCUT2D eigenvalue weighted by atomic mass is 9.73. The second-order valence-corrected chi connectivity index (χ2v) is 8.61. The van der Waals surface area contributed by atoms with Crippen molar-refractivity contribution in [2.45, 2.75) is 58.0 Å². The number of hydrogen-bond donors (Lipinski definition) is 2. The van der Waals surface area contributed by atoms with Crippen LogP contribution in [0, 0.1) is 5.92 Å². The van der Waals surface area contributed by atoms with Gasteiger partial charge in [-0.05, 0) is 44.2 Å². The zero-order valence-corrected chi connectivity index (χ0v) is 18.7. The number of aryl methyl sites for hydroxylation is 1. The summed E-state index contributed by atoms with van der Waals surface area (Å²) < 4.78 is 7.36. The Bertz CT molecular complexity index is 1020. The summed E-state index contributed by atoms with van der Waals surface area (Å²) in [5.41, 5.74) is 0.802. The summed E-state index contributed by atoms with van der Waals surface area (Å²) in [7, 11) is 0. The first kappa shape index (κ1) is 22.3. The number of benzene rings is 1. The average molecular weight is 442 g/mol. The number of aromatic nitrogens is 2. The highest BCUT2D eigenvalue weighted by atomic mass is 16.5. The number of imidazole rings is 1. The number of anilines is 1. The molecular weight excluding hydrogens is 410 g/mol. The molecule has 2 aromatic rings. The number of nitrogens with one attached hydrogen (secondary N) is 2. The van der Waals surface area contributed by atoms with Gasteiger partial charge in [0.15, 0.2) is 0 Å². The topological polar surface area (TPSA) is 106 Å². The van der Waals surface area contributed by atoms with Gasteiger partial charge in [-0.15, -0.1) is 0 Å². The molecule has 1 aromatic heterocycles. The number of hydrogen-bond acceptors (Lipinski definition) is 5. The number of carbonyl (C=O) groups excluding carboxylic acids is 3. The number of imide groups is 1. The lowest BCUT2D eigenvalue weighted by molar-refractivity contribution is -0.136. The summed E-state index contributed by atoms with van der Waals surface area (Å²) in [6, 6.07) is 7.15. The van der Waals surface area contributed by atoms with Crippen LogP contribution < -0.4 is 10.6 Å². The van der Waals surface area contributed by atoms with Crippen LogP contribution in [0.1, 0.15) is 46.0 Å². The van der Waals surface area contributed by atoms with Gasteiger partial charge in [0.1, 0.15) is 12.1 Å². The van der Waals surface area contributed by atoms with E-state index >= 15 is 0 Å². The maximum Gasteiger partial charge on any atom is 0.325 e. The van der Waals surface area contributed by atoms with Crippen LogP contribution in [0.3, 0.4) is 0 Å². The van der Waals surface area contributed by atoms with Crippen molar-refractivity contribution >= 4 is 34.8 Å². The van der Waals surface area contributed by atoms with Crippen LogP contribution in [-0.4, -0.2) is 57.6 Å². The SMILES string of the molecule is CCOCCCn1c(NC(=O)CN2C(=O)NC3(CCCCC3C)C2=O)nc2ccccc21. The number of urea groups is 1. The van der Waals surface area contributed by atoms with Gasteiger partial charge in [-0.1, -0.05) is 31.9 Å². The summed E-state index contributed by atoms with van der Waals surface area (Å²) in [6.45, 7) is 5.50. The molecule has 0 bridgehead atoms. The van der Waals surface area contributed by atoms with Gasteiger partial charge in [-0.3, -0.25) is 19.8 Å². The van der Waals surface area contributed by atoms with Gasteiger partial charge in [0.05, 0.1) is 11.0 Å². The first-order valence-electron chi connectivity index (χ1n) is 11.4. The van der Waals surface area contributed by atoms with Gasteiger partial charge in [-0.25, -0.2) is 9.78 Å². The van der Waals surface area contributed by atoms with E-state index in [4.69, 9.17) is 4.74 Å². The van der Waals surface area contributed by atoms with E-state index in [0.29, 0.717) is 32.1 Å². The van der Waals surface area contributed by atoms with E-state index in [-0.39, 0.29) is 18.4 Å². The Morgan fingerprint density at radius 3 is 2.91 bits per heavy atom. The van der Waals surface area contributed by atoms with Crippen LogP contribution in [0.5, 0.6) is 0 Å². The van der Waals surface area contributed by atoms with Crippen LogP contribution in [-0.2, 0) is 20.9 Å². The lowest BCUT2D eigenvalue weighted by Crippen LogP contribution is -2.54. The molecule has 2 N–H and O–H groups in total. The smallest absolute Gasteiger partial charge is 0.325 e. The third-order valence-electron chi connectivity index (χ3n) is 6.58. The largest absolute Gasteiger partial charge is 0.382 e. The molecule has 9 heteroatoms. The predicted molar refractivity (Wildman–Crippen MR) is 120 cm³/mol. The molecule has 32 heavy (non-hydrogen) atoms. The van der Waals surface area contributed by atoms with E-state index in [1.165, 1.54) is 0 Å². The van der Waals surface area contributed by atoms with Gasteiger partial charge < -0.3 is 14.6 Å². The molecule has 1 aliphatic carbocycles. The van der Waals surface area contributed by atoms with Gasteiger partial charge in [0.25, 0.3) is 5.91 Å². The zero-order valence-electron chi connectivity index (χ0n) is 18.7. The quantitative estimate of drug-likeness (QED) is 0.484. The average Bonchev–Trinajstić information content (AvgIpc) is 3.23. The Morgan fingerprint density at radius 1 is 1.31 bits per heavy atom. The molecule has 1 saturated heterocycles. The Hall–Kier alpha value is -2.94. The van der Waals surface area contributed by atoms with Crippen molar-refractivity contribution in [2.75, 3.05) is 25.1 Å². The van der Waals surface area contributed by atoms with Crippen LogP contribution in [0.15, 0.2) is 24.3 Å². The fraction of sp³-hybridized carbons (Fsp3) is 0.565. The molecule has 4 amide bonds. The number of carbonyl (C=O) groups is 3. The fourth-order valence-electron chi connectivity index (χ4n) is 4.81. The number of fused-ring (bicyclic) bond motifs is 1. The third kappa shape index (κ3) is 4.09. The monoisotopic (exact) mass is 441 g/mol. The zero-order chi connectivity index (χ0) is 22.7. The Balaban J connectivity index is 1.48. The highest BCUT2D eigenvalue weighted by Gasteiger charge is 2.55. The molecule has 2 atom stereocenters. The first-order chi connectivity index (χ1) is 15.5. The minimum Gasteiger partial charge on any atom is -0.382 e. The molecule has 1 spiro atoms. The van der Waals surface area contributed by atoms with Crippen molar-refractivity contribution < 1.29 is 19.1 Å². The van der Waals surface area contributed by atoms with E-state index in [1.54, 1.807) is 0 Å². The van der Waals surface area contributed by atoms with E-state index in [0.717, 1.165) is 41.6 Å². The Kier molecular flexibility index (Phi) is 6.45. The maximum absolute atomic E-state index is 13.1. The number of para-hydroxylation sites is 2. The number of amides is 4. The normalized spacial score (nSPS) is 23.2. The summed E-state index contributed by atoms with van der Waals surface area (Å²) in [5.74, 6) is -0.291. The first-order valence-corrected chi connectivity index (χ1v) is 11.4. The van der Waals surface area contributed by atoms with Gasteiger partial charge in [0.2, 0.25) is 11.9 Å². The van der Waals surface area contributed by atoms with Crippen molar-refractivity contribution in [2.24, 2.45) is 5.92 Å². The van der Waals surface area contributed by atoms with Crippen LogP contribution in [0.2, 0.25) is 0 Å². The van der Waals surface area contributed by atoms with Crippen molar-refractivity contribution in [3.05, 3.63) is 24.3 Å². The molecule has 2 heterocycles. The number of rotatable bonds is 8. The molecule has 2 unspecified atom stereocenters. The molecule has 1 aliphatic heterocycles. The van der Waals surface area contributed by atoms with Crippen molar-refractivity contribution in [1.29, 1.82) is 0 Å². The molecule has 9 nitrogen and oxygen atoms in total. The fourth-order valence-corrected chi connectivity index (χ4v) is 4.81. The minimum atomic E-state index is -0.873. The third-order valence-corrected chi connectivity index (χ3v) is 6.58. The minimum absolute atomic E-state index is 0.0512. The van der Waals surface area contributed by atoms with Crippen LogP contribution in [0.4, 0.5) is 10.7 Å². The molecule has 2 aliphatic rings. The highest BCUT2D eigenvalue weighted by Crippen LogP contribution is 2.38. The van der Waals surface area contributed by atoms with Crippen LogP contribution >= 0.6 is 0 Å². The number of nitrogens with zero attached hydrogens (tertiary/aromatic N) is 3. The molecular formula is C23H31N5O4. The highest BCUT2D eigenvalue weighted by molar-refractivity contribution is 6.10. The van der Waals surface area contributed by atoms with Crippen molar-refractivity contribution in [3.63, 3.8) is 0 Å². The van der Waals surface area contributed by atoms with Gasteiger partial charge in [0, 0.05) is 19.8 Å². The summed E-state index contributed by atoms with van der Waals surface area (Å²) in [5, 5.41) is 5.69. The molecule has 1 saturated carbocycles. The summed E-state index contributed by atoms with van der Waals surface area (Å²) in [4.78, 5) is 44.2. The second-order valence-electron chi connectivity index (χ2n) is 8.61. The van der Waals surface area contributed by atoms with Gasteiger partial charge >= 0.3 is 6.03 Å². The van der Waals surface area contributed by atoms with E-state index in [2.05, 4.69) is 15.6 Å². The van der Waals surface area contributed by atoms with Crippen molar-refractivity contribution in [1.82, 2.24) is 19.8 Å². The van der Waals surface area contributed by atoms with E-state index in [9.17, 15) is 14.4 Å². The molecule has 1 aromatic carbocycles.